The molecule has 3 heterocycles. The maximum atomic E-state index is 12.6. The maximum Gasteiger partial charge on any atom is 0.327 e. The van der Waals surface area contributed by atoms with Crippen LogP contribution in [-0.4, -0.2) is 84.3 Å². The number of benzene rings is 1. The van der Waals surface area contributed by atoms with Gasteiger partial charge in [0.1, 0.15) is 11.8 Å². The predicted molar refractivity (Wildman–Crippen MR) is 113 cm³/mol. The van der Waals surface area contributed by atoms with Crippen LogP contribution < -0.4 is 10.2 Å². The Kier molecular flexibility index (Phi) is 5.55. The molecule has 7 heteroatoms. The van der Waals surface area contributed by atoms with Gasteiger partial charge in [-0.25, -0.2) is 9.78 Å². The highest BCUT2D eigenvalue weighted by Gasteiger charge is 2.31. The first-order valence-electron chi connectivity index (χ1n) is 10.4. The lowest BCUT2D eigenvalue weighted by Gasteiger charge is -2.47. The lowest BCUT2D eigenvalue weighted by molar-refractivity contribution is 0.0488. The third-order valence-corrected chi connectivity index (χ3v) is 5.99. The van der Waals surface area contributed by atoms with Gasteiger partial charge in [-0.1, -0.05) is 19.9 Å². The molecule has 4 rings (SSSR count). The number of likely N-dealkylation sites (N-methyl/N-ethyl adjacent to an activating group) is 1. The number of hydrogen-bond donors (Lipinski definition) is 1. The maximum absolute atomic E-state index is 12.6. The molecule has 0 bridgehead atoms. The van der Waals surface area contributed by atoms with Crippen LogP contribution in [0.2, 0.25) is 0 Å². The van der Waals surface area contributed by atoms with E-state index >= 15 is 0 Å². The van der Waals surface area contributed by atoms with Gasteiger partial charge in [0.05, 0.1) is 11.2 Å². The summed E-state index contributed by atoms with van der Waals surface area (Å²) in [5.74, 6) is 0.574. The van der Waals surface area contributed by atoms with Crippen LogP contribution in [0.4, 0.5) is 10.5 Å². The standard InChI is InChI=1S/C21H32N6O/c1-16(2)7-8-22-21(28)27-15-23-20-18(5-4-6-19(20)27)26-11-9-25(10-12-26)17-13-24(3)14-17/h4-6,15-17H,7-14H2,1-3H3,(H,22,28). The van der Waals surface area contributed by atoms with E-state index in [1.54, 1.807) is 10.9 Å². The summed E-state index contributed by atoms with van der Waals surface area (Å²) in [6.45, 7) is 11.6. The molecule has 0 radical (unpaired) electrons. The fourth-order valence-electron chi connectivity index (χ4n) is 4.22. The number of amides is 1. The number of para-hydroxylation sites is 1. The van der Waals surface area contributed by atoms with Crippen molar-refractivity contribution in [1.29, 1.82) is 0 Å². The highest BCUT2D eigenvalue weighted by Crippen LogP contribution is 2.27. The van der Waals surface area contributed by atoms with Crippen molar-refractivity contribution in [1.82, 2.24) is 24.7 Å². The van der Waals surface area contributed by atoms with Gasteiger partial charge in [0.15, 0.2) is 0 Å². The van der Waals surface area contributed by atoms with Crippen molar-refractivity contribution in [3.63, 3.8) is 0 Å². The van der Waals surface area contributed by atoms with Crippen LogP contribution >= 0.6 is 0 Å². The molecule has 1 N–H and O–H groups in total. The first kappa shape index (κ1) is 19.2. The average molecular weight is 385 g/mol. The van der Waals surface area contributed by atoms with E-state index in [1.165, 1.54) is 13.1 Å². The van der Waals surface area contributed by atoms with Crippen molar-refractivity contribution in [2.75, 3.05) is 57.8 Å². The SMILES string of the molecule is CC(C)CCNC(=O)n1cnc2c(N3CCN(C4CN(C)C4)CC3)cccc21. The van der Waals surface area contributed by atoms with E-state index in [9.17, 15) is 4.79 Å². The second-order valence-corrected chi connectivity index (χ2v) is 8.57. The second kappa shape index (κ2) is 8.09. The summed E-state index contributed by atoms with van der Waals surface area (Å²) in [6, 6.07) is 6.76. The van der Waals surface area contributed by atoms with Crippen LogP contribution in [0.25, 0.3) is 11.0 Å². The zero-order valence-electron chi connectivity index (χ0n) is 17.3. The minimum Gasteiger partial charge on any atom is -0.367 e. The van der Waals surface area contributed by atoms with Crippen LogP contribution in [-0.2, 0) is 0 Å². The Morgan fingerprint density at radius 2 is 1.96 bits per heavy atom. The summed E-state index contributed by atoms with van der Waals surface area (Å²) >= 11 is 0. The molecule has 28 heavy (non-hydrogen) atoms. The van der Waals surface area contributed by atoms with Crippen LogP contribution in [0.15, 0.2) is 24.5 Å². The molecule has 2 saturated heterocycles. The van der Waals surface area contributed by atoms with Gasteiger partial charge in [0.25, 0.3) is 0 Å². The summed E-state index contributed by atoms with van der Waals surface area (Å²) in [5, 5.41) is 3.00. The molecule has 7 nitrogen and oxygen atoms in total. The largest absolute Gasteiger partial charge is 0.367 e. The average Bonchev–Trinajstić information content (AvgIpc) is 3.09. The molecule has 1 amide bonds. The van der Waals surface area contributed by atoms with Crippen LogP contribution in [0, 0.1) is 5.92 Å². The number of nitrogens with one attached hydrogen (secondary N) is 1. The number of rotatable bonds is 5. The third-order valence-electron chi connectivity index (χ3n) is 5.99. The van der Waals surface area contributed by atoms with E-state index in [2.05, 4.69) is 52.0 Å². The van der Waals surface area contributed by atoms with E-state index in [0.717, 1.165) is 55.4 Å². The van der Waals surface area contributed by atoms with E-state index in [0.29, 0.717) is 12.5 Å². The lowest BCUT2D eigenvalue weighted by atomic mass is 10.1. The first-order valence-corrected chi connectivity index (χ1v) is 10.4. The number of carbonyl (C=O) groups excluding carboxylic acids is 1. The van der Waals surface area contributed by atoms with E-state index in [-0.39, 0.29) is 6.03 Å². The van der Waals surface area contributed by atoms with E-state index in [4.69, 9.17) is 0 Å². The topological polar surface area (TPSA) is 56.6 Å². The van der Waals surface area contributed by atoms with E-state index < -0.39 is 0 Å². The van der Waals surface area contributed by atoms with Crippen molar-refractivity contribution in [3.05, 3.63) is 24.5 Å². The Morgan fingerprint density at radius 1 is 1.21 bits per heavy atom. The number of carbonyl (C=O) groups is 1. The third kappa shape index (κ3) is 3.86. The number of imidazole rings is 1. The van der Waals surface area contributed by atoms with Crippen molar-refractivity contribution in [3.8, 4) is 0 Å². The summed E-state index contributed by atoms with van der Waals surface area (Å²) in [4.78, 5) is 24.5. The fraction of sp³-hybridized carbons (Fsp3) is 0.619. The monoisotopic (exact) mass is 384 g/mol. The quantitative estimate of drug-likeness (QED) is 0.855. The highest BCUT2D eigenvalue weighted by atomic mass is 16.2. The molecule has 0 spiro atoms. The number of hydrogen-bond acceptors (Lipinski definition) is 5. The number of piperazine rings is 1. The van der Waals surface area contributed by atoms with Gasteiger partial charge in [-0.15, -0.1) is 0 Å². The van der Waals surface area contributed by atoms with Gasteiger partial charge in [-0.2, -0.15) is 0 Å². The number of fused-ring (bicyclic) bond motifs is 1. The molecule has 0 atom stereocenters. The van der Waals surface area contributed by atoms with Crippen LogP contribution in [0.1, 0.15) is 20.3 Å². The molecule has 0 aliphatic carbocycles. The molecule has 0 unspecified atom stereocenters. The van der Waals surface area contributed by atoms with Crippen LogP contribution in [0.5, 0.6) is 0 Å². The number of aromatic nitrogens is 2. The molecular weight excluding hydrogens is 352 g/mol. The Labute approximate surface area is 167 Å². The fourth-order valence-corrected chi connectivity index (χ4v) is 4.22. The highest BCUT2D eigenvalue weighted by molar-refractivity contribution is 5.95. The first-order chi connectivity index (χ1) is 13.5. The molecule has 1 aromatic carbocycles. The van der Waals surface area contributed by atoms with Crippen molar-refractivity contribution >= 4 is 22.8 Å². The molecule has 2 fully saturated rings. The van der Waals surface area contributed by atoms with Crippen molar-refractivity contribution in [2.45, 2.75) is 26.3 Å². The molecule has 1 aromatic heterocycles. The number of anilines is 1. The van der Waals surface area contributed by atoms with Gasteiger partial charge in [-0.05, 0) is 31.5 Å². The van der Waals surface area contributed by atoms with Crippen molar-refractivity contribution in [2.24, 2.45) is 5.92 Å². The zero-order chi connectivity index (χ0) is 19.7. The Morgan fingerprint density at radius 3 is 2.64 bits per heavy atom. The Bertz CT molecular complexity index is 817. The van der Waals surface area contributed by atoms with E-state index in [1.807, 2.05) is 12.1 Å². The van der Waals surface area contributed by atoms with Gasteiger partial charge in [-0.3, -0.25) is 9.47 Å². The van der Waals surface area contributed by atoms with Gasteiger partial charge in [0.2, 0.25) is 0 Å². The Hall–Kier alpha value is -2.12. The molecular formula is C21H32N6O. The van der Waals surface area contributed by atoms with Gasteiger partial charge < -0.3 is 15.1 Å². The number of likely N-dealkylation sites (tertiary alicyclic amines) is 1. The minimum atomic E-state index is -0.0979. The normalized spacial score (nSPS) is 19.4. The molecule has 2 aliphatic rings. The van der Waals surface area contributed by atoms with Crippen molar-refractivity contribution < 1.29 is 4.79 Å². The smallest absolute Gasteiger partial charge is 0.327 e. The number of nitrogens with zero attached hydrogens (tertiary/aromatic N) is 5. The van der Waals surface area contributed by atoms with Gasteiger partial charge >= 0.3 is 6.03 Å². The minimum absolute atomic E-state index is 0.0979. The zero-order valence-corrected chi connectivity index (χ0v) is 17.3. The Balaban J connectivity index is 1.44. The molecule has 0 saturated carbocycles. The summed E-state index contributed by atoms with van der Waals surface area (Å²) in [6.07, 6.45) is 2.63. The predicted octanol–water partition coefficient (Wildman–Crippen LogP) is 2.08. The summed E-state index contributed by atoms with van der Waals surface area (Å²) < 4.78 is 1.64. The molecule has 2 aromatic rings. The van der Waals surface area contributed by atoms with Crippen LogP contribution in [0.3, 0.4) is 0 Å². The molecule has 2 aliphatic heterocycles. The second-order valence-electron chi connectivity index (χ2n) is 8.57. The summed E-state index contributed by atoms with van der Waals surface area (Å²) in [5.41, 5.74) is 2.93. The van der Waals surface area contributed by atoms with Gasteiger partial charge in [0, 0.05) is 51.9 Å². The summed E-state index contributed by atoms with van der Waals surface area (Å²) in [7, 11) is 2.18. The molecule has 152 valence electrons. The lowest BCUT2D eigenvalue weighted by Crippen LogP contribution is -2.62.